The van der Waals surface area contributed by atoms with E-state index < -0.39 is 6.04 Å². The van der Waals surface area contributed by atoms with Crippen LogP contribution in [0, 0.1) is 0 Å². The summed E-state index contributed by atoms with van der Waals surface area (Å²) in [6, 6.07) is 6.49. The van der Waals surface area contributed by atoms with Crippen LogP contribution in [0.2, 0.25) is 5.02 Å². The van der Waals surface area contributed by atoms with E-state index in [-0.39, 0.29) is 5.97 Å². The molecule has 0 amide bonds. The molecule has 1 atom stereocenters. The molecule has 1 aromatic heterocycles. The molecule has 19 heavy (non-hydrogen) atoms. The molecule has 1 unspecified atom stereocenters. The fraction of sp³-hybridized carbons (Fsp3) is 0.231. The Hall–Kier alpha value is -2.01. The summed E-state index contributed by atoms with van der Waals surface area (Å²) in [6.45, 7) is 0. The first-order valence-corrected chi connectivity index (χ1v) is 6.05. The Morgan fingerprint density at radius 3 is 2.63 bits per heavy atom. The number of hydrogen-bond acceptors (Lipinski definition) is 4. The van der Waals surface area contributed by atoms with E-state index in [1.165, 1.54) is 7.11 Å². The first-order valence-electron chi connectivity index (χ1n) is 5.68. The molecule has 1 heterocycles. The van der Waals surface area contributed by atoms with Gasteiger partial charge in [-0.25, -0.2) is 9.78 Å². The fourth-order valence-corrected chi connectivity index (χ4v) is 1.86. The number of carbonyl (C=O) groups excluding carboxylic acids is 1. The number of aromatic nitrogens is 2. The van der Waals surface area contributed by atoms with E-state index >= 15 is 0 Å². The van der Waals surface area contributed by atoms with Gasteiger partial charge in [-0.15, -0.1) is 0 Å². The fourth-order valence-electron chi connectivity index (χ4n) is 1.73. The lowest BCUT2D eigenvalue weighted by molar-refractivity contribution is -0.141. The molecule has 0 fully saturated rings. The molecule has 0 radical (unpaired) electrons. The Labute approximate surface area is 116 Å². The maximum atomic E-state index is 11.9. The first-order chi connectivity index (χ1) is 9.11. The minimum absolute atomic E-state index is 0.376. The minimum Gasteiger partial charge on any atom is -0.467 e. The number of methoxy groups -OCH3 is 1. The molecule has 6 heteroatoms. The highest BCUT2D eigenvalue weighted by atomic mass is 35.5. The van der Waals surface area contributed by atoms with Gasteiger partial charge in [0.2, 0.25) is 0 Å². The second-order valence-electron chi connectivity index (χ2n) is 4.04. The number of anilines is 1. The molecule has 0 bridgehead atoms. The van der Waals surface area contributed by atoms with E-state index in [2.05, 4.69) is 10.3 Å². The van der Waals surface area contributed by atoms with Gasteiger partial charge in [0.15, 0.2) is 6.04 Å². The van der Waals surface area contributed by atoms with Crippen molar-refractivity contribution in [3.05, 3.63) is 47.5 Å². The van der Waals surface area contributed by atoms with Gasteiger partial charge < -0.3 is 14.6 Å². The number of nitrogens with zero attached hydrogens (tertiary/aromatic N) is 2. The van der Waals surface area contributed by atoms with Crippen molar-refractivity contribution in [3.63, 3.8) is 0 Å². The van der Waals surface area contributed by atoms with Crippen molar-refractivity contribution >= 4 is 23.3 Å². The van der Waals surface area contributed by atoms with Crippen molar-refractivity contribution in [1.29, 1.82) is 0 Å². The van der Waals surface area contributed by atoms with E-state index in [1.807, 2.05) is 7.05 Å². The number of halogens is 1. The molecule has 0 aliphatic carbocycles. The van der Waals surface area contributed by atoms with Crippen LogP contribution in [0.4, 0.5) is 5.69 Å². The van der Waals surface area contributed by atoms with Crippen LogP contribution in [0.25, 0.3) is 0 Å². The van der Waals surface area contributed by atoms with Gasteiger partial charge in [0.1, 0.15) is 0 Å². The second-order valence-corrected chi connectivity index (χ2v) is 4.47. The van der Waals surface area contributed by atoms with Gasteiger partial charge in [0.05, 0.1) is 25.3 Å². The highest BCUT2D eigenvalue weighted by molar-refractivity contribution is 6.30. The number of hydrogen-bond donors (Lipinski definition) is 1. The summed E-state index contributed by atoms with van der Waals surface area (Å²) in [5, 5.41) is 3.75. The average Bonchev–Trinajstić information content (AvgIpc) is 2.83. The summed E-state index contributed by atoms with van der Waals surface area (Å²) < 4.78 is 6.59. The lowest BCUT2D eigenvalue weighted by Gasteiger charge is -2.18. The number of esters is 1. The van der Waals surface area contributed by atoms with Crippen LogP contribution >= 0.6 is 11.6 Å². The van der Waals surface area contributed by atoms with Crippen LogP contribution in [-0.4, -0.2) is 22.6 Å². The molecule has 1 aromatic carbocycles. The summed E-state index contributed by atoms with van der Waals surface area (Å²) >= 11 is 5.83. The second kappa shape index (κ2) is 5.75. The predicted molar refractivity (Wildman–Crippen MR) is 73.0 cm³/mol. The average molecular weight is 280 g/mol. The Morgan fingerprint density at radius 1 is 1.42 bits per heavy atom. The number of imidazole rings is 1. The van der Waals surface area contributed by atoms with Gasteiger partial charge >= 0.3 is 5.97 Å². The third-order valence-corrected chi connectivity index (χ3v) is 2.99. The SMILES string of the molecule is COC(=O)C(Nc1ccc(Cl)cc1)c1cncn1C. The van der Waals surface area contributed by atoms with Crippen LogP contribution in [0.1, 0.15) is 11.7 Å². The topological polar surface area (TPSA) is 56.1 Å². The summed E-state index contributed by atoms with van der Waals surface area (Å²) in [7, 11) is 3.18. The van der Waals surface area contributed by atoms with E-state index in [0.717, 1.165) is 11.4 Å². The van der Waals surface area contributed by atoms with Crippen molar-refractivity contribution in [2.75, 3.05) is 12.4 Å². The summed E-state index contributed by atoms with van der Waals surface area (Å²) in [5.41, 5.74) is 1.50. The van der Waals surface area contributed by atoms with Crippen molar-refractivity contribution in [3.8, 4) is 0 Å². The van der Waals surface area contributed by atoms with E-state index in [1.54, 1.807) is 41.4 Å². The van der Waals surface area contributed by atoms with Crippen molar-refractivity contribution in [2.24, 2.45) is 7.05 Å². The Balaban J connectivity index is 2.27. The van der Waals surface area contributed by atoms with Crippen molar-refractivity contribution in [2.45, 2.75) is 6.04 Å². The number of nitrogens with one attached hydrogen (secondary N) is 1. The Morgan fingerprint density at radius 2 is 2.11 bits per heavy atom. The van der Waals surface area contributed by atoms with E-state index in [0.29, 0.717) is 5.02 Å². The molecular weight excluding hydrogens is 266 g/mol. The molecule has 0 aliphatic heterocycles. The van der Waals surface area contributed by atoms with E-state index in [4.69, 9.17) is 16.3 Å². The highest BCUT2D eigenvalue weighted by Crippen LogP contribution is 2.21. The maximum Gasteiger partial charge on any atom is 0.334 e. The molecule has 5 nitrogen and oxygen atoms in total. The summed E-state index contributed by atoms with van der Waals surface area (Å²) in [5.74, 6) is -0.376. The largest absolute Gasteiger partial charge is 0.467 e. The quantitative estimate of drug-likeness (QED) is 0.873. The van der Waals surface area contributed by atoms with Crippen LogP contribution in [0.15, 0.2) is 36.8 Å². The third kappa shape index (κ3) is 3.06. The molecule has 0 saturated heterocycles. The molecule has 100 valence electrons. The predicted octanol–water partition coefficient (Wildman–Crippen LogP) is 2.40. The van der Waals surface area contributed by atoms with Crippen molar-refractivity contribution in [1.82, 2.24) is 9.55 Å². The number of aryl methyl sites for hydroxylation is 1. The minimum atomic E-state index is -0.612. The summed E-state index contributed by atoms with van der Waals surface area (Å²) in [4.78, 5) is 15.9. The standard InChI is InChI=1S/C13H14ClN3O2/c1-17-8-15-7-11(17)12(13(18)19-2)16-10-5-3-9(14)4-6-10/h3-8,12,16H,1-2H3. The van der Waals surface area contributed by atoms with Crippen LogP contribution in [0.3, 0.4) is 0 Å². The van der Waals surface area contributed by atoms with Gasteiger partial charge in [-0.3, -0.25) is 0 Å². The normalized spacial score (nSPS) is 11.9. The number of rotatable bonds is 4. The lowest BCUT2D eigenvalue weighted by atomic mass is 10.2. The Kier molecular flexibility index (Phi) is 4.06. The molecule has 1 N–H and O–H groups in total. The van der Waals surface area contributed by atoms with Gasteiger partial charge in [-0.2, -0.15) is 0 Å². The molecule has 0 spiro atoms. The molecular formula is C13H14ClN3O2. The van der Waals surface area contributed by atoms with Gasteiger partial charge in [0, 0.05) is 17.8 Å². The monoisotopic (exact) mass is 279 g/mol. The van der Waals surface area contributed by atoms with Gasteiger partial charge in [-0.05, 0) is 24.3 Å². The molecule has 2 aromatic rings. The zero-order valence-corrected chi connectivity index (χ0v) is 11.4. The van der Waals surface area contributed by atoms with Crippen LogP contribution in [-0.2, 0) is 16.6 Å². The Bertz CT molecular complexity index is 566. The number of benzene rings is 1. The zero-order chi connectivity index (χ0) is 13.8. The maximum absolute atomic E-state index is 11.9. The molecule has 2 rings (SSSR count). The smallest absolute Gasteiger partial charge is 0.334 e. The first kappa shape index (κ1) is 13.4. The van der Waals surface area contributed by atoms with Crippen LogP contribution in [0.5, 0.6) is 0 Å². The molecule has 0 saturated carbocycles. The number of carbonyl (C=O) groups is 1. The van der Waals surface area contributed by atoms with Gasteiger partial charge in [0.25, 0.3) is 0 Å². The zero-order valence-electron chi connectivity index (χ0n) is 10.6. The summed E-state index contributed by atoms with van der Waals surface area (Å²) in [6.07, 6.45) is 3.26. The molecule has 0 aliphatic rings. The van der Waals surface area contributed by atoms with E-state index in [9.17, 15) is 4.79 Å². The van der Waals surface area contributed by atoms with Crippen LogP contribution < -0.4 is 5.32 Å². The number of ether oxygens (including phenoxy) is 1. The van der Waals surface area contributed by atoms with Gasteiger partial charge in [-0.1, -0.05) is 11.6 Å². The third-order valence-electron chi connectivity index (χ3n) is 2.74. The highest BCUT2D eigenvalue weighted by Gasteiger charge is 2.24. The lowest BCUT2D eigenvalue weighted by Crippen LogP contribution is -2.24. The van der Waals surface area contributed by atoms with Crippen molar-refractivity contribution < 1.29 is 9.53 Å².